The normalized spacial score (nSPS) is 11.6. The average molecular weight is 278 g/mol. The molecule has 2 aromatic carbocycles. The summed E-state index contributed by atoms with van der Waals surface area (Å²) in [7, 11) is 0. The van der Waals surface area contributed by atoms with Crippen LogP contribution in [0.4, 0.5) is 0 Å². The number of aromatic nitrogens is 3. The van der Waals surface area contributed by atoms with E-state index >= 15 is 0 Å². The average Bonchev–Trinajstić information content (AvgIpc) is 2.90. The predicted molar refractivity (Wildman–Crippen MR) is 82.3 cm³/mol. The van der Waals surface area contributed by atoms with E-state index in [1.54, 1.807) is 0 Å². The highest BCUT2D eigenvalue weighted by Gasteiger charge is 2.10. The highest BCUT2D eigenvalue weighted by atomic mass is 16.2. The zero-order valence-corrected chi connectivity index (χ0v) is 11.5. The highest BCUT2D eigenvalue weighted by molar-refractivity contribution is 5.98. The lowest BCUT2D eigenvalue weighted by Crippen LogP contribution is -2.15. The van der Waals surface area contributed by atoms with Crippen LogP contribution in [0.25, 0.3) is 11.4 Å². The van der Waals surface area contributed by atoms with Gasteiger partial charge < -0.3 is 0 Å². The number of rotatable bonds is 3. The molecule has 21 heavy (non-hydrogen) atoms. The molecule has 0 aliphatic heterocycles. The van der Waals surface area contributed by atoms with Crippen LogP contribution in [0.2, 0.25) is 0 Å². The lowest BCUT2D eigenvalue weighted by molar-refractivity contribution is 0.836. The van der Waals surface area contributed by atoms with E-state index in [0.29, 0.717) is 5.82 Å². The molecule has 1 heterocycles. The van der Waals surface area contributed by atoms with Crippen LogP contribution >= 0.6 is 0 Å². The Balaban J connectivity index is 2.08. The molecule has 0 aliphatic rings. The Kier molecular flexibility index (Phi) is 3.47. The summed E-state index contributed by atoms with van der Waals surface area (Å²) in [6.07, 6.45) is 0. The number of H-pyrrole nitrogens is 1. The van der Waals surface area contributed by atoms with Gasteiger partial charge in [0.1, 0.15) is 0 Å². The van der Waals surface area contributed by atoms with Gasteiger partial charge in [-0.25, -0.2) is 9.89 Å². The van der Waals surface area contributed by atoms with Crippen LogP contribution in [0.3, 0.4) is 0 Å². The van der Waals surface area contributed by atoms with Gasteiger partial charge in [-0.1, -0.05) is 60.7 Å². The van der Waals surface area contributed by atoms with Crippen LogP contribution in [-0.4, -0.2) is 20.6 Å². The third kappa shape index (κ3) is 2.67. The first-order valence-electron chi connectivity index (χ1n) is 6.59. The zero-order chi connectivity index (χ0) is 14.7. The minimum Gasteiger partial charge on any atom is -0.244 e. The van der Waals surface area contributed by atoms with E-state index in [2.05, 4.69) is 15.3 Å². The molecule has 0 unspecified atom stereocenters. The second-order valence-corrected chi connectivity index (χ2v) is 4.58. The van der Waals surface area contributed by atoms with Crippen LogP contribution < -0.4 is 5.69 Å². The number of nitrogens with one attached hydrogen (secondary N) is 1. The van der Waals surface area contributed by atoms with Gasteiger partial charge in [0.15, 0.2) is 5.82 Å². The Hall–Kier alpha value is -2.95. The smallest absolute Gasteiger partial charge is 0.244 e. The van der Waals surface area contributed by atoms with Gasteiger partial charge in [-0.2, -0.15) is 14.9 Å². The van der Waals surface area contributed by atoms with Gasteiger partial charge in [0.25, 0.3) is 0 Å². The van der Waals surface area contributed by atoms with Crippen LogP contribution in [-0.2, 0) is 0 Å². The fraction of sp³-hybridized carbons (Fsp3) is 0.0625. The lowest BCUT2D eigenvalue weighted by Gasteiger charge is -2.03. The first-order chi connectivity index (χ1) is 10.3. The maximum Gasteiger partial charge on any atom is 0.364 e. The maximum atomic E-state index is 11.9. The van der Waals surface area contributed by atoms with E-state index < -0.39 is 0 Å². The molecule has 0 spiro atoms. The number of aromatic amines is 1. The Bertz CT molecular complexity index is 816. The van der Waals surface area contributed by atoms with E-state index in [0.717, 1.165) is 16.8 Å². The van der Waals surface area contributed by atoms with E-state index in [-0.39, 0.29) is 5.69 Å². The van der Waals surface area contributed by atoms with Crippen LogP contribution in [0.15, 0.2) is 70.6 Å². The molecule has 0 aliphatic carbocycles. The van der Waals surface area contributed by atoms with Crippen molar-refractivity contribution >= 4 is 5.71 Å². The van der Waals surface area contributed by atoms with Crippen molar-refractivity contribution in [3.63, 3.8) is 0 Å². The zero-order valence-electron chi connectivity index (χ0n) is 11.5. The Morgan fingerprint density at radius 2 is 1.67 bits per heavy atom. The molecular formula is C16H14N4O. The van der Waals surface area contributed by atoms with Crippen LogP contribution in [0.5, 0.6) is 0 Å². The Morgan fingerprint density at radius 1 is 1.05 bits per heavy atom. The van der Waals surface area contributed by atoms with Gasteiger partial charge >= 0.3 is 5.69 Å². The van der Waals surface area contributed by atoms with E-state index in [9.17, 15) is 4.79 Å². The van der Waals surface area contributed by atoms with Crippen LogP contribution in [0.1, 0.15) is 12.5 Å². The summed E-state index contributed by atoms with van der Waals surface area (Å²) in [5.41, 5.74) is 2.19. The van der Waals surface area contributed by atoms with E-state index in [1.165, 1.54) is 4.68 Å². The first-order valence-corrected chi connectivity index (χ1v) is 6.59. The SMILES string of the molecule is CC(=Nn1c(-c2ccccc2)n[nH]c1=O)c1ccccc1. The molecule has 5 heteroatoms. The molecule has 5 nitrogen and oxygen atoms in total. The van der Waals surface area contributed by atoms with Gasteiger partial charge in [0, 0.05) is 5.56 Å². The van der Waals surface area contributed by atoms with Crippen molar-refractivity contribution in [2.45, 2.75) is 6.92 Å². The van der Waals surface area contributed by atoms with Crippen molar-refractivity contribution < 1.29 is 0 Å². The van der Waals surface area contributed by atoms with E-state index in [4.69, 9.17) is 0 Å². The van der Waals surface area contributed by atoms with Crippen molar-refractivity contribution in [3.05, 3.63) is 76.7 Å². The summed E-state index contributed by atoms with van der Waals surface area (Å²) < 4.78 is 1.29. The van der Waals surface area contributed by atoms with Gasteiger partial charge in [0.2, 0.25) is 0 Å². The molecule has 0 bridgehead atoms. The standard InChI is InChI=1S/C16H14N4O/c1-12(13-8-4-2-5-9-13)19-20-15(17-18-16(20)21)14-10-6-3-7-11-14/h2-11H,1H3,(H,18,21). The number of hydrogen-bond donors (Lipinski definition) is 1. The molecule has 0 amide bonds. The molecule has 0 saturated heterocycles. The summed E-state index contributed by atoms with van der Waals surface area (Å²) in [6.45, 7) is 1.86. The Labute approximate surface area is 121 Å². The minimum atomic E-state index is -0.357. The molecular weight excluding hydrogens is 264 g/mol. The number of benzene rings is 2. The predicted octanol–water partition coefficient (Wildman–Crippen LogP) is 2.51. The quantitative estimate of drug-likeness (QED) is 0.748. The van der Waals surface area contributed by atoms with Crippen molar-refractivity contribution in [1.82, 2.24) is 14.9 Å². The molecule has 1 N–H and O–H groups in total. The summed E-state index contributed by atoms with van der Waals surface area (Å²) >= 11 is 0. The molecule has 1 aromatic heterocycles. The number of hydrogen-bond acceptors (Lipinski definition) is 3. The highest BCUT2D eigenvalue weighted by Crippen LogP contribution is 2.14. The summed E-state index contributed by atoms with van der Waals surface area (Å²) in [5, 5.41) is 10.9. The molecule has 3 aromatic rings. The molecule has 3 rings (SSSR count). The van der Waals surface area contributed by atoms with Crippen LogP contribution in [0, 0.1) is 0 Å². The molecule has 0 radical (unpaired) electrons. The second kappa shape index (κ2) is 5.58. The molecule has 0 fully saturated rings. The monoisotopic (exact) mass is 278 g/mol. The van der Waals surface area contributed by atoms with Gasteiger partial charge in [-0.3, -0.25) is 0 Å². The molecule has 0 saturated carbocycles. The topological polar surface area (TPSA) is 63.0 Å². The van der Waals surface area contributed by atoms with E-state index in [1.807, 2.05) is 67.6 Å². The summed E-state index contributed by atoms with van der Waals surface area (Å²) in [4.78, 5) is 11.9. The third-order valence-corrected chi connectivity index (χ3v) is 3.12. The van der Waals surface area contributed by atoms with Crippen molar-refractivity contribution in [3.8, 4) is 11.4 Å². The second-order valence-electron chi connectivity index (χ2n) is 4.58. The maximum absolute atomic E-state index is 11.9. The largest absolute Gasteiger partial charge is 0.364 e. The number of nitrogens with zero attached hydrogens (tertiary/aromatic N) is 3. The summed E-state index contributed by atoms with van der Waals surface area (Å²) in [6, 6.07) is 19.2. The van der Waals surface area contributed by atoms with Crippen molar-refractivity contribution in [1.29, 1.82) is 0 Å². The first kappa shape index (κ1) is 13.1. The lowest BCUT2D eigenvalue weighted by atomic mass is 10.1. The van der Waals surface area contributed by atoms with Gasteiger partial charge in [0.05, 0.1) is 5.71 Å². The third-order valence-electron chi connectivity index (χ3n) is 3.12. The van der Waals surface area contributed by atoms with Gasteiger partial charge in [-0.15, -0.1) is 0 Å². The fourth-order valence-corrected chi connectivity index (χ4v) is 2.05. The van der Waals surface area contributed by atoms with Gasteiger partial charge in [-0.05, 0) is 12.5 Å². The fourth-order valence-electron chi connectivity index (χ4n) is 2.05. The molecule has 0 atom stereocenters. The van der Waals surface area contributed by atoms with Crippen molar-refractivity contribution in [2.75, 3.05) is 0 Å². The Morgan fingerprint density at radius 3 is 2.33 bits per heavy atom. The molecule has 104 valence electrons. The summed E-state index contributed by atoms with van der Waals surface area (Å²) in [5.74, 6) is 0.496. The minimum absolute atomic E-state index is 0.357. The van der Waals surface area contributed by atoms with Crippen molar-refractivity contribution in [2.24, 2.45) is 5.10 Å².